The van der Waals surface area contributed by atoms with Gasteiger partial charge in [-0.25, -0.2) is 14.2 Å². The second-order valence-electron chi connectivity index (χ2n) is 8.15. The fraction of sp³-hybridized carbons (Fsp3) is 0.148. The number of halogens is 1. The molecule has 1 saturated heterocycles. The summed E-state index contributed by atoms with van der Waals surface area (Å²) in [5, 5.41) is 3.70. The molecule has 3 amide bonds. The van der Waals surface area contributed by atoms with Crippen LogP contribution in [0.2, 0.25) is 0 Å². The van der Waals surface area contributed by atoms with E-state index in [0.717, 1.165) is 11.1 Å². The number of para-hydroxylation sites is 1. The molecule has 0 aromatic heterocycles. The zero-order chi connectivity index (χ0) is 27.2. The third kappa shape index (κ3) is 5.68. The molecular formula is C27H23FN4O5S. The molecule has 1 heterocycles. The lowest BCUT2D eigenvalue weighted by atomic mass is 10.1. The van der Waals surface area contributed by atoms with E-state index >= 15 is 0 Å². The number of hydrogen-bond acceptors (Lipinski definition) is 6. The summed E-state index contributed by atoms with van der Waals surface area (Å²) in [6, 6.07) is 18.8. The number of anilines is 2. The topological polar surface area (TPSA) is 108 Å². The molecule has 3 aromatic carbocycles. The van der Waals surface area contributed by atoms with Gasteiger partial charge in [-0.2, -0.15) is 0 Å². The van der Waals surface area contributed by atoms with Gasteiger partial charge in [0.2, 0.25) is 11.0 Å². The summed E-state index contributed by atoms with van der Waals surface area (Å²) in [7, 11) is 0. The SMILES string of the molecule is CCOC(=O)c1ccc(NC(=O)CC2C(=O)N(c3ccccc3)C(=S)N2NC(=O)c2ccccc2F)cc1. The number of nitrogens with one attached hydrogen (secondary N) is 2. The summed E-state index contributed by atoms with van der Waals surface area (Å²) in [5.41, 5.74) is 3.40. The molecule has 1 unspecified atom stereocenters. The van der Waals surface area contributed by atoms with Crippen LogP contribution in [0, 0.1) is 5.82 Å². The molecule has 0 radical (unpaired) electrons. The van der Waals surface area contributed by atoms with Gasteiger partial charge in [0.25, 0.3) is 11.8 Å². The predicted molar refractivity (Wildman–Crippen MR) is 142 cm³/mol. The van der Waals surface area contributed by atoms with Crippen molar-refractivity contribution in [2.45, 2.75) is 19.4 Å². The number of hydrogen-bond donors (Lipinski definition) is 2. The molecule has 2 N–H and O–H groups in total. The van der Waals surface area contributed by atoms with Crippen LogP contribution in [0.15, 0.2) is 78.9 Å². The summed E-state index contributed by atoms with van der Waals surface area (Å²) in [6.45, 7) is 1.93. The van der Waals surface area contributed by atoms with Crippen LogP contribution < -0.4 is 15.6 Å². The second kappa shape index (κ2) is 11.6. The molecule has 0 saturated carbocycles. The highest BCUT2D eigenvalue weighted by Crippen LogP contribution is 2.26. The van der Waals surface area contributed by atoms with Crippen LogP contribution in [0.5, 0.6) is 0 Å². The van der Waals surface area contributed by atoms with Crippen molar-refractivity contribution in [1.29, 1.82) is 0 Å². The third-order valence-electron chi connectivity index (χ3n) is 5.63. The van der Waals surface area contributed by atoms with Crippen molar-refractivity contribution >= 4 is 52.4 Å². The first kappa shape index (κ1) is 26.4. The maximum Gasteiger partial charge on any atom is 0.338 e. The highest BCUT2D eigenvalue weighted by molar-refractivity contribution is 7.80. The van der Waals surface area contributed by atoms with Crippen molar-refractivity contribution in [2.24, 2.45) is 0 Å². The monoisotopic (exact) mass is 534 g/mol. The van der Waals surface area contributed by atoms with Gasteiger partial charge in [-0.1, -0.05) is 30.3 Å². The Balaban J connectivity index is 1.54. The summed E-state index contributed by atoms with van der Waals surface area (Å²) in [5.74, 6) is -3.15. The first-order valence-electron chi connectivity index (χ1n) is 11.6. The fourth-order valence-electron chi connectivity index (χ4n) is 3.82. The Bertz CT molecular complexity index is 1380. The molecule has 11 heteroatoms. The molecule has 9 nitrogen and oxygen atoms in total. The van der Waals surface area contributed by atoms with Crippen molar-refractivity contribution in [3.05, 3.63) is 95.8 Å². The molecule has 194 valence electrons. The number of benzene rings is 3. The largest absolute Gasteiger partial charge is 0.462 e. The van der Waals surface area contributed by atoms with Gasteiger partial charge in [0.05, 0.1) is 29.8 Å². The minimum absolute atomic E-state index is 0.0671. The lowest BCUT2D eigenvalue weighted by molar-refractivity contribution is -0.124. The van der Waals surface area contributed by atoms with E-state index in [1.807, 2.05) is 0 Å². The van der Waals surface area contributed by atoms with Crippen LogP contribution in [0.4, 0.5) is 15.8 Å². The van der Waals surface area contributed by atoms with Gasteiger partial charge in [-0.05, 0) is 67.7 Å². The molecule has 0 aliphatic carbocycles. The van der Waals surface area contributed by atoms with Gasteiger partial charge >= 0.3 is 5.97 Å². The molecule has 1 aliphatic rings. The lowest BCUT2D eigenvalue weighted by Crippen LogP contribution is -2.50. The van der Waals surface area contributed by atoms with Crippen molar-refractivity contribution in [3.8, 4) is 0 Å². The third-order valence-corrected chi connectivity index (χ3v) is 6.01. The molecule has 1 atom stereocenters. The Morgan fingerprint density at radius 2 is 1.63 bits per heavy atom. The van der Waals surface area contributed by atoms with Crippen LogP contribution in [0.25, 0.3) is 0 Å². The highest BCUT2D eigenvalue weighted by atomic mass is 32.1. The molecule has 3 aromatic rings. The van der Waals surface area contributed by atoms with Gasteiger partial charge in [-0.3, -0.25) is 24.7 Å². The minimum atomic E-state index is -1.20. The number of hydrazine groups is 1. The quantitative estimate of drug-likeness (QED) is 0.335. The predicted octanol–water partition coefficient (Wildman–Crippen LogP) is 3.68. The first-order chi connectivity index (χ1) is 18.3. The van der Waals surface area contributed by atoms with Crippen molar-refractivity contribution in [2.75, 3.05) is 16.8 Å². The van der Waals surface area contributed by atoms with E-state index in [1.54, 1.807) is 37.3 Å². The van der Waals surface area contributed by atoms with Gasteiger partial charge in [0.1, 0.15) is 11.9 Å². The fourth-order valence-corrected chi connectivity index (χ4v) is 4.19. The van der Waals surface area contributed by atoms with Gasteiger partial charge in [0.15, 0.2) is 0 Å². The number of carbonyl (C=O) groups excluding carboxylic acids is 4. The molecule has 1 fully saturated rings. The maximum absolute atomic E-state index is 14.2. The Morgan fingerprint density at radius 1 is 0.974 bits per heavy atom. The Hall–Kier alpha value is -4.64. The molecule has 1 aliphatic heterocycles. The molecule has 38 heavy (non-hydrogen) atoms. The lowest BCUT2D eigenvalue weighted by Gasteiger charge is -2.24. The average molecular weight is 535 g/mol. The number of thiocarbonyl (C=S) groups is 1. The molecule has 0 spiro atoms. The number of ether oxygens (including phenoxy) is 1. The Labute approximate surface area is 223 Å². The average Bonchev–Trinajstić information content (AvgIpc) is 3.13. The normalized spacial score (nSPS) is 14.8. The number of carbonyl (C=O) groups is 4. The van der Waals surface area contributed by atoms with Crippen molar-refractivity contribution in [1.82, 2.24) is 10.4 Å². The second-order valence-corrected chi connectivity index (χ2v) is 8.51. The Morgan fingerprint density at radius 3 is 2.29 bits per heavy atom. The minimum Gasteiger partial charge on any atom is -0.462 e. The van der Waals surface area contributed by atoms with E-state index in [0.29, 0.717) is 16.9 Å². The smallest absolute Gasteiger partial charge is 0.338 e. The van der Waals surface area contributed by atoms with Crippen LogP contribution in [-0.4, -0.2) is 46.5 Å². The number of nitrogens with zero attached hydrogens (tertiary/aromatic N) is 2. The van der Waals surface area contributed by atoms with E-state index in [4.69, 9.17) is 17.0 Å². The van der Waals surface area contributed by atoms with Crippen LogP contribution in [0.1, 0.15) is 34.1 Å². The molecule has 0 bridgehead atoms. The number of amides is 3. The maximum atomic E-state index is 14.2. The number of esters is 1. The van der Waals surface area contributed by atoms with E-state index in [1.165, 1.54) is 47.4 Å². The van der Waals surface area contributed by atoms with Crippen LogP contribution >= 0.6 is 12.2 Å². The van der Waals surface area contributed by atoms with Gasteiger partial charge in [-0.15, -0.1) is 0 Å². The first-order valence-corrected chi connectivity index (χ1v) is 12.1. The van der Waals surface area contributed by atoms with Crippen molar-refractivity contribution < 1.29 is 28.3 Å². The van der Waals surface area contributed by atoms with E-state index in [2.05, 4.69) is 10.7 Å². The molecule has 4 rings (SSSR count). The van der Waals surface area contributed by atoms with Crippen LogP contribution in [-0.2, 0) is 14.3 Å². The van der Waals surface area contributed by atoms with Gasteiger partial charge < -0.3 is 10.1 Å². The summed E-state index contributed by atoms with van der Waals surface area (Å²) < 4.78 is 19.2. The van der Waals surface area contributed by atoms with E-state index in [-0.39, 0.29) is 23.7 Å². The summed E-state index contributed by atoms with van der Waals surface area (Å²) in [6.07, 6.45) is -0.376. The number of rotatable bonds is 8. The van der Waals surface area contributed by atoms with E-state index in [9.17, 15) is 23.6 Å². The zero-order valence-electron chi connectivity index (χ0n) is 20.2. The molecular weight excluding hydrogens is 511 g/mol. The van der Waals surface area contributed by atoms with Crippen LogP contribution in [0.3, 0.4) is 0 Å². The summed E-state index contributed by atoms with van der Waals surface area (Å²) >= 11 is 5.49. The summed E-state index contributed by atoms with van der Waals surface area (Å²) in [4.78, 5) is 52.3. The standard InChI is InChI=1S/C27H23FN4O5S/c1-2-37-26(36)17-12-14-18(15-13-17)29-23(33)16-22-25(35)31(19-8-4-3-5-9-19)27(38)32(22)30-24(34)20-10-6-7-11-21(20)28/h3-15,22H,2,16H2,1H3,(H,29,33)(H,30,34). The van der Waals surface area contributed by atoms with Crippen molar-refractivity contribution in [3.63, 3.8) is 0 Å². The zero-order valence-corrected chi connectivity index (χ0v) is 21.0. The van der Waals surface area contributed by atoms with E-state index < -0.39 is 35.5 Å². The Kier molecular flexibility index (Phi) is 8.07. The van der Waals surface area contributed by atoms with Gasteiger partial charge in [0, 0.05) is 5.69 Å². The highest BCUT2D eigenvalue weighted by Gasteiger charge is 2.45.